The van der Waals surface area contributed by atoms with Gasteiger partial charge in [-0.15, -0.1) is 0 Å². The van der Waals surface area contributed by atoms with Gasteiger partial charge in [-0.3, -0.25) is 9.97 Å². The lowest BCUT2D eigenvalue weighted by molar-refractivity contribution is 0.862. The maximum atomic E-state index is 4.45. The van der Waals surface area contributed by atoms with Crippen LogP contribution in [0, 0.1) is 13.8 Å². The van der Waals surface area contributed by atoms with E-state index in [1.165, 1.54) is 5.56 Å². The standard InChI is InChI=1S/C13H16N4/c1-9-10(2)16-13(8-15-9)17-11(3)12-4-6-14-7-5-12/h4-8,11H,1-3H3,(H,16,17). The Morgan fingerprint density at radius 2 is 1.82 bits per heavy atom. The van der Waals surface area contributed by atoms with E-state index in [4.69, 9.17) is 0 Å². The topological polar surface area (TPSA) is 50.7 Å². The smallest absolute Gasteiger partial charge is 0.145 e. The number of rotatable bonds is 3. The third-order valence-corrected chi connectivity index (χ3v) is 2.76. The van der Waals surface area contributed by atoms with E-state index in [0.29, 0.717) is 0 Å². The largest absolute Gasteiger partial charge is 0.362 e. The summed E-state index contributed by atoms with van der Waals surface area (Å²) in [6.07, 6.45) is 5.35. The van der Waals surface area contributed by atoms with E-state index in [1.54, 1.807) is 18.6 Å². The predicted octanol–water partition coefficient (Wildman–Crippen LogP) is 2.66. The van der Waals surface area contributed by atoms with Gasteiger partial charge in [0.05, 0.1) is 23.6 Å². The number of aryl methyl sites for hydroxylation is 2. The van der Waals surface area contributed by atoms with E-state index in [0.717, 1.165) is 17.2 Å². The molecule has 2 rings (SSSR count). The van der Waals surface area contributed by atoms with Gasteiger partial charge in [0.15, 0.2) is 0 Å². The van der Waals surface area contributed by atoms with Crippen LogP contribution < -0.4 is 5.32 Å². The zero-order valence-electron chi connectivity index (χ0n) is 10.3. The molecule has 4 heteroatoms. The predicted molar refractivity (Wildman–Crippen MR) is 67.8 cm³/mol. The van der Waals surface area contributed by atoms with Crippen LogP contribution in [0.1, 0.15) is 29.9 Å². The van der Waals surface area contributed by atoms with Crippen LogP contribution in [0.15, 0.2) is 30.7 Å². The molecule has 0 saturated heterocycles. The van der Waals surface area contributed by atoms with Crippen molar-refractivity contribution >= 4 is 5.82 Å². The molecule has 0 aliphatic heterocycles. The summed E-state index contributed by atoms with van der Waals surface area (Å²) in [6, 6.07) is 4.17. The van der Waals surface area contributed by atoms with Crippen molar-refractivity contribution in [2.24, 2.45) is 0 Å². The number of pyridine rings is 1. The Morgan fingerprint density at radius 3 is 2.47 bits per heavy atom. The fourth-order valence-corrected chi connectivity index (χ4v) is 1.57. The van der Waals surface area contributed by atoms with Crippen LogP contribution in [0.4, 0.5) is 5.82 Å². The molecule has 1 unspecified atom stereocenters. The van der Waals surface area contributed by atoms with Crippen molar-refractivity contribution in [1.29, 1.82) is 0 Å². The number of anilines is 1. The minimum absolute atomic E-state index is 0.189. The van der Waals surface area contributed by atoms with Crippen molar-refractivity contribution in [3.63, 3.8) is 0 Å². The Kier molecular flexibility index (Phi) is 3.32. The van der Waals surface area contributed by atoms with Gasteiger partial charge in [0.1, 0.15) is 5.82 Å². The molecule has 0 aliphatic rings. The van der Waals surface area contributed by atoms with E-state index < -0.39 is 0 Å². The van der Waals surface area contributed by atoms with Crippen LogP contribution >= 0.6 is 0 Å². The molecule has 1 N–H and O–H groups in total. The highest BCUT2D eigenvalue weighted by Crippen LogP contribution is 2.16. The van der Waals surface area contributed by atoms with Crippen molar-refractivity contribution in [3.05, 3.63) is 47.7 Å². The van der Waals surface area contributed by atoms with E-state index in [2.05, 4.69) is 27.2 Å². The average Bonchev–Trinajstić information content (AvgIpc) is 2.35. The molecule has 0 spiro atoms. The lowest BCUT2D eigenvalue weighted by atomic mass is 10.1. The SMILES string of the molecule is Cc1ncc(NC(C)c2ccncc2)nc1C. The van der Waals surface area contributed by atoms with E-state index >= 15 is 0 Å². The maximum Gasteiger partial charge on any atom is 0.145 e. The normalized spacial score (nSPS) is 12.2. The summed E-state index contributed by atoms with van der Waals surface area (Å²) in [5.41, 5.74) is 3.10. The molecule has 0 radical (unpaired) electrons. The quantitative estimate of drug-likeness (QED) is 0.877. The van der Waals surface area contributed by atoms with Crippen molar-refractivity contribution in [2.45, 2.75) is 26.8 Å². The van der Waals surface area contributed by atoms with Crippen molar-refractivity contribution < 1.29 is 0 Å². The molecule has 4 nitrogen and oxygen atoms in total. The highest BCUT2D eigenvalue weighted by atomic mass is 15.0. The summed E-state index contributed by atoms with van der Waals surface area (Å²) in [5.74, 6) is 0.803. The van der Waals surface area contributed by atoms with Crippen LogP contribution in [0.5, 0.6) is 0 Å². The van der Waals surface area contributed by atoms with Gasteiger partial charge in [0.2, 0.25) is 0 Å². The van der Waals surface area contributed by atoms with Gasteiger partial charge >= 0.3 is 0 Å². The molecular formula is C13H16N4. The van der Waals surface area contributed by atoms with E-state index in [1.807, 2.05) is 26.0 Å². The summed E-state index contributed by atoms with van der Waals surface area (Å²) in [4.78, 5) is 12.7. The van der Waals surface area contributed by atoms with Crippen molar-refractivity contribution in [1.82, 2.24) is 15.0 Å². The Hall–Kier alpha value is -1.97. The van der Waals surface area contributed by atoms with Crippen LogP contribution in [0.25, 0.3) is 0 Å². The fourth-order valence-electron chi connectivity index (χ4n) is 1.57. The van der Waals surface area contributed by atoms with Gasteiger partial charge in [0, 0.05) is 12.4 Å². The third kappa shape index (κ3) is 2.78. The number of nitrogens with one attached hydrogen (secondary N) is 1. The molecule has 0 aliphatic carbocycles. The second kappa shape index (κ2) is 4.91. The summed E-state index contributed by atoms with van der Waals surface area (Å²) in [7, 11) is 0. The monoisotopic (exact) mass is 228 g/mol. The van der Waals surface area contributed by atoms with Gasteiger partial charge in [-0.1, -0.05) is 0 Å². The lowest BCUT2D eigenvalue weighted by Crippen LogP contribution is -2.09. The van der Waals surface area contributed by atoms with Crippen molar-refractivity contribution in [2.75, 3.05) is 5.32 Å². The molecule has 2 aromatic heterocycles. The zero-order valence-corrected chi connectivity index (χ0v) is 10.3. The summed E-state index contributed by atoms with van der Waals surface area (Å²) < 4.78 is 0. The van der Waals surface area contributed by atoms with Crippen molar-refractivity contribution in [3.8, 4) is 0 Å². The first-order valence-corrected chi connectivity index (χ1v) is 5.63. The minimum Gasteiger partial charge on any atom is -0.362 e. The number of hydrogen-bond donors (Lipinski definition) is 1. The van der Waals surface area contributed by atoms with Crippen LogP contribution in [0.2, 0.25) is 0 Å². The molecule has 2 heterocycles. The molecule has 88 valence electrons. The Bertz CT molecular complexity index is 496. The van der Waals surface area contributed by atoms with Gasteiger partial charge in [0.25, 0.3) is 0 Å². The molecule has 17 heavy (non-hydrogen) atoms. The van der Waals surface area contributed by atoms with E-state index in [-0.39, 0.29) is 6.04 Å². The minimum atomic E-state index is 0.189. The summed E-state index contributed by atoms with van der Waals surface area (Å²) in [6.45, 7) is 6.01. The van der Waals surface area contributed by atoms with Gasteiger partial charge in [-0.2, -0.15) is 0 Å². The zero-order chi connectivity index (χ0) is 12.3. The van der Waals surface area contributed by atoms with Gasteiger partial charge in [-0.05, 0) is 38.5 Å². The first-order chi connectivity index (χ1) is 8.16. The molecule has 0 amide bonds. The fraction of sp³-hybridized carbons (Fsp3) is 0.308. The highest BCUT2D eigenvalue weighted by molar-refractivity contribution is 5.37. The van der Waals surface area contributed by atoms with Gasteiger partial charge in [-0.25, -0.2) is 4.98 Å². The summed E-state index contributed by atoms with van der Waals surface area (Å²) in [5, 5.41) is 3.32. The summed E-state index contributed by atoms with van der Waals surface area (Å²) >= 11 is 0. The third-order valence-electron chi connectivity index (χ3n) is 2.76. The van der Waals surface area contributed by atoms with E-state index in [9.17, 15) is 0 Å². The Balaban J connectivity index is 2.13. The Labute approximate surface area is 101 Å². The molecular weight excluding hydrogens is 212 g/mol. The molecule has 0 fully saturated rings. The molecule has 0 saturated carbocycles. The first kappa shape index (κ1) is 11.5. The number of nitrogens with zero attached hydrogens (tertiary/aromatic N) is 3. The maximum absolute atomic E-state index is 4.45. The molecule has 0 aromatic carbocycles. The molecule has 2 aromatic rings. The molecule has 1 atom stereocenters. The molecule has 0 bridgehead atoms. The highest BCUT2D eigenvalue weighted by Gasteiger charge is 2.06. The number of hydrogen-bond acceptors (Lipinski definition) is 4. The average molecular weight is 228 g/mol. The van der Waals surface area contributed by atoms with Crippen LogP contribution in [-0.4, -0.2) is 15.0 Å². The second-order valence-electron chi connectivity index (χ2n) is 4.07. The lowest BCUT2D eigenvalue weighted by Gasteiger charge is -2.15. The Morgan fingerprint density at radius 1 is 1.12 bits per heavy atom. The van der Waals surface area contributed by atoms with Crippen LogP contribution in [-0.2, 0) is 0 Å². The van der Waals surface area contributed by atoms with Gasteiger partial charge < -0.3 is 5.32 Å². The van der Waals surface area contributed by atoms with Crippen LogP contribution in [0.3, 0.4) is 0 Å². The number of aromatic nitrogens is 3. The first-order valence-electron chi connectivity index (χ1n) is 5.63. The second-order valence-corrected chi connectivity index (χ2v) is 4.07.